The third kappa shape index (κ3) is 3.67. The van der Waals surface area contributed by atoms with E-state index in [2.05, 4.69) is 33.4 Å². The van der Waals surface area contributed by atoms with Gasteiger partial charge in [-0.2, -0.15) is 5.10 Å². The van der Waals surface area contributed by atoms with Crippen LogP contribution in [0.25, 0.3) is 0 Å². The van der Waals surface area contributed by atoms with Crippen molar-refractivity contribution in [1.82, 2.24) is 5.43 Å². The highest BCUT2D eigenvalue weighted by molar-refractivity contribution is 9.10. The SMILES string of the molecule is CC1CCC(=NNC(=O)c2ccc(Br)cc2)CC1. The molecule has 1 N–H and O–H groups in total. The van der Waals surface area contributed by atoms with E-state index in [1.54, 1.807) is 12.1 Å². The van der Waals surface area contributed by atoms with E-state index in [1.165, 1.54) is 12.8 Å². The number of hydrogen-bond donors (Lipinski definition) is 1. The van der Waals surface area contributed by atoms with E-state index in [0.717, 1.165) is 28.9 Å². The largest absolute Gasteiger partial charge is 0.271 e. The summed E-state index contributed by atoms with van der Waals surface area (Å²) >= 11 is 3.34. The number of nitrogens with zero attached hydrogens (tertiary/aromatic N) is 1. The predicted octanol–water partition coefficient (Wildman–Crippen LogP) is 3.75. The maximum Gasteiger partial charge on any atom is 0.271 e. The summed E-state index contributed by atoms with van der Waals surface area (Å²) in [6.45, 7) is 2.26. The van der Waals surface area contributed by atoms with Gasteiger partial charge in [-0.05, 0) is 55.9 Å². The summed E-state index contributed by atoms with van der Waals surface area (Å²) in [4.78, 5) is 11.8. The minimum Gasteiger partial charge on any atom is -0.267 e. The summed E-state index contributed by atoms with van der Waals surface area (Å²) in [5.74, 6) is 0.639. The van der Waals surface area contributed by atoms with Crippen LogP contribution in [0.1, 0.15) is 43.0 Å². The molecule has 96 valence electrons. The second-order valence-electron chi connectivity index (χ2n) is 4.81. The van der Waals surface area contributed by atoms with Gasteiger partial charge in [0.2, 0.25) is 0 Å². The lowest BCUT2D eigenvalue weighted by atomic mass is 9.90. The van der Waals surface area contributed by atoms with Gasteiger partial charge < -0.3 is 0 Å². The van der Waals surface area contributed by atoms with Gasteiger partial charge in [0.25, 0.3) is 5.91 Å². The average Bonchev–Trinajstić information content (AvgIpc) is 2.38. The second kappa shape index (κ2) is 6.14. The number of halogens is 1. The first-order valence-electron chi connectivity index (χ1n) is 6.26. The molecule has 0 heterocycles. The zero-order chi connectivity index (χ0) is 13.0. The number of benzene rings is 1. The fourth-order valence-electron chi connectivity index (χ4n) is 2.00. The highest BCUT2D eigenvalue weighted by atomic mass is 79.9. The van der Waals surface area contributed by atoms with Crippen LogP contribution in [0.3, 0.4) is 0 Å². The van der Waals surface area contributed by atoms with E-state index in [1.807, 2.05) is 12.1 Å². The minimum absolute atomic E-state index is 0.145. The molecule has 1 aromatic carbocycles. The number of amides is 1. The zero-order valence-electron chi connectivity index (χ0n) is 10.4. The quantitative estimate of drug-likeness (QED) is 0.831. The molecular formula is C14H17BrN2O. The Hall–Kier alpha value is -1.16. The van der Waals surface area contributed by atoms with Crippen LogP contribution in [0.5, 0.6) is 0 Å². The summed E-state index contributed by atoms with van der Waals surface area (Å²) in [7, 11) is 0. The molecule has 0 bridgehead atoms. The summed E-state index contributed by atoms with van der Waals surface area (Å²) in [5, 5.41) is 4.22. The van der Waals surface area contributed by atoms with Gasteiger partial charge in [0.05, 0.1) is 0 Å². The lowest BCUT2D eigenvalue weighted by molar-refractivity contribution is 0.0954. The van der Waals surface area contributed by atoms with Gasteiger partial charge in [0.15, 0.2) is 0 Å². The number of carbonyl (C=O) groups is 1. The van der Waals surface area contributed by atoms with E-state index in [4.69, 9.17) is 0 Å². The summed E-state index contributed by atoms with van der Waals surface area (Å²) in [6, 6.07) is 7.26. The molecule has 0 aliphatic heterocycles. The molecular weight excluding hydrogens is 292 g/mol. The smallest absolute Gasteiger partial charge is 0.267 e. The monoisotopic (exact) mass is 308 g/mol. The lowest BCUT2D eigenvalue weighted by Crippen LogP contribution is -2.21. The molecule has 4 heteroatoms. The highest BCUT2D eigenvalue weighted by Crippen LogP contribution is 2.21. The number of hydrazone groups is 1. The second-order valence-corrected chi connectivity index (χ2v) is 5.72. The molecule has 0 saturated heterocycles. The zero-order valence-corrected chi connectivity index (χ0v) is 12.0. The third-order valence-electron chi connectivity index (χ3n) is 3.27. The molecule has 0 spiro atoms. The van der Waals surface area contributed by atoms with Crippen LogP contribution in [0.2, 0.25) is 0 Å². The molecule has 0 aromatic heterocycles. The fraction of sp³-hybridized carbons (Fsp3) is 0.429. The molecule has 0 atom stereocenters. The van der Waals surface area contributed by atoms with E-state index in [9.17, 15) is 4.79 Å². The van der Waals surface area contributed by atoms with Gasteiger partial charge >= 0.3 is 0 Å². The van der Waals surface area contributed by atoms with Gasteiger partial charge in [0, 0.05) is 15.7 Å². The van der Waals surface area contributed by atoms with Gasteiger partial charge in [-0.15, -0.1) is 0 Å². The number of hydrogen-bond acceptors (Lipinski definition) is 2. The molecule has 2 rings (SSSR count). The molecule has 18 heavy (non-hydrogen) atoms. The van der Waals surface area contributed by atoms with Crippen molar-refractivity contribution in [2.45, 2.75) is 32.6 Å². The third-order valence-corrected chi connectivity index (χ3v) is 3.80. The Morgan fingerprint density at radius 2 is 1.89 bits per heavy atom. The van der Waals surface area contributed by atoms with Crippen LogP contribution in [0.15, 0.2) is 33.8 Å². The summed E-state index contributed by atoms with van der Waals surface area (Å²) in [6.07, 6.45) is 4.35. The normalized spacial score (nSPS) is 19.4. The van der Waals surface area contributed by atoms with Crippen molar-refractivity contribution in [3.05, 3.63) is 34.3 Å². The molecule has 1 aromatic rings. The van der Waals surface area contributed by atoms with Gasteiger partial charge in [-0.25, -0.2) is 5.43 Å². The molecule has 1 amide bonds. The van der Waals surface area contributed by atoms with E-state index in [-0.39, 0.29) is 5.91 Å². The predicted molar refractivity (Wildman–Crippen MR) is 76.7 cm³/mol. The highest BCUT2D eigenvalue weighted by Gasteiger charge is 2.13. The Bertz CT molecular complexity index is 443. The molecule has 1 fully saturated rings. The summed E-state index contributed by atoms with van der Waals surface area (Å²) < 4.78 is 0.964. The average molecular weight is 309 g/mol. The van der Waals surface area contributed by atoms with Gasteiger partial charge in [-0.1, -0.05) is 22.9 Å². The number of nitrogens with one attached hydrogen (secondary N) is 1. The summed E-state index contributed by atoms with van der Waals surface area (Å²) in [5.41, 5.74) is 4.38. The van der Waals surface area contributed by atoms with Crippen LogP contribution < -0.4 is 5.43 Å². The first kappa shape index (κ1) is 13.3. The van der Waals surface area contributed by atoms with Gasteiger partial charge in [0.1, 0.15) is 0 Å². The molecule has 0 unspecified atom stereocenters. The molecule has 3 nitrogen and oxygen atoms in total. The molecule has 1 aliphatic rings. The van der Waals surface area contributed by atoms with Crippen LogP contribution in [0.4, 0.5) is 0 Å². The van der Waals surface area contributed by atoms with Crippen LogP contribution in [0, 0.1) is 5.92 Å². The Kier molecular flexibility index (Phi) is 4.53. The van der Waals surface area contributed by atoms with Crippen molar-refractivity contribution in [1.29, 1.82) is 0 Å². The topological polar surface area (TPSA) is 41.5 Å². The molecule has 0 radical (unpaired) electrons. The van der Waals surface area contributed by atoms with E-state index in [0.29, 0.717) is 5.56 Å². The Morgan fingerprint density at radius 1 is 1.28 bits per heavy atom. The van der Waals surface area contributed by atoms with Crippen LogP contribution >= 0.6 is 15.9 Å². The van der Waals surface area contributed by atoms with Crippen LogP contribution in [-0.2, 0) is 0 Å². The Balaban J connectivity index is 1.92. The maximum atomic E-state index is 11.8. The standard InChI is InChI=1S/C14H17BrN2O/c1-10-2-8-13(9-3-10)16-17-14(18)11-4-6-12(15)7-5-11/h4-7,10H,2-3,8-9H2,1H3,(H,17,18). The molecule has 1 aliphatic carbocycles. The van der Waals surface area contributed by atoms with Gasteiger partial charge in [-0.3, -0.25) is 4.79 Å². The lowest BCUT2D eigenvalue weighted by Gasteiger charge is -2.18. The number of carbonyl (C=O) groups excluding carboxylic acids is 1. The fourth-order valence-corrected chi connectivity index (χ4v) is 2.27. The number of rotatable bonds is 2. The van der Waals surface area contributed by atoms with Crippen LogP contribution in [-0.4, -0.2) is 11.6 Å². The van der Waals surface area contributed by atoms with Crippen molar-refractivity contribution in [2.24, 2.45) is 11.0 Å². The Morgan fingerprint density at radius 3 is 2.50 bits per heavy atom. The first-order chi connectivity index (χ1) is 8.65. The minimum atomic E-state index is -0.145. The Labute approximate surface area is 116 Å². The van der Waals surface area contributed by atoms with Crippen molar-refractivity contribution >= 4 is 27.5 Å². The van der Waals surface area contributed by atoms with Crippen molar-refractivity contribution < 1.29 is 4.79 Å². The molecule has 1 saturated carbocycles. The first-order valence-corrected chi connectivity index (χ1v) is 7.06. The van der Waals surface area contributed by atoms with Crippen molar-refractivity contribution in [2.75, 3.05) is 0 Å². The van der Waals surface area contributed by atoms with Crippen molar-refractivity contribution in [3.63, 3.8) is 0 Å². The van der Waals surface area contributed by atoms with E-state index >= 15 is 0 Å². The van der Waals surface area contributed by atoms with Crippen molar-refractivity contribution in [3.8, 4) is 0 Å². The maximum absolute atomic E-state index is 11.8. The van der Waals surface area contributed by atoms with E-state index < -0.39 is 0 Å².